The Bertz CT molecular complexity index is 420. The first-order valence-corrected chi connectivity index (χ1v) is 5.35. The maximum absolute atomic E-state index is 14.3. The lowest BCUT2D eigenvalue weighted by Crippen LogP contribution is -2.40. The molecule has 17 heavy (non-hydrogen) atoms. The zero-order valence-electron chi connectivity index (χ0n) is 9.44. The van der Waals surface area contributed by atoms with Crippen LogP contribution in [0.1, 0.15) is 11.5 Å². The minimum atomic E-state index is -2.23. The average molecular weight is 239 g/mol. The predicted molar refractivity (Wildman–Crippen MR) is 60.1 cm³/mol. The van der Waals surface area contributed by atoms with Crippen molar-refractivity contribution in [3.05, 3.63) is 29.8 Å². The average Bonchev–Trinajstić information content (AvgIpc) is 2.73. The number of aliphatic carboxylic acids is 1. The molecule has 1 aliphatic heterocycles. The van der Waals surface area contributed by atoms with Crippen molar-refractivity contribution in [1.29, 1.82) is 0 Å². The van der Waals surface area contributed by atoms with Gasteiger partial charge in [0.1, 0.15) is 5.75 Å². The van der Waals surface area contributed by atoms with Gasteiger partial charge in [0.05, 0.1) is 7.11 Å². The van der Waals surface area contributed by atoms with Crippen LogP contribution in [0.25, 0.3) is 0 Å². The molecule has 1 fully saturated rings. The first kappa shape index (κ1) is 11.9. The quantitative estimate of drug-likeness (QED) is 0.831. The Morgan fingerprint density at radius 3 is 2.71 bits per heavy atom. The van der Waals surface area contributed by atoms with E-state index in [1.165, 1.54) is 0 Å². The Morgan fingerprint density at radius 1 is 1.53 bits per heavy atom. The molecule has 2 N–H and O–H groups in total. The third-order valence-electron chi connectivity index (χ3n) is 3.16. The van der Waals surface area contributed by atoms with Gasteiger partial charge in [-0.15, -0.1) is 0 Å². The normalized spacial score (nSPS) is 28.0. The molecule has 5 heteroatoms. The van der Waals surface area contributed by atoms with Gasteiger partial charge in [0.2, 0.25) is 5.67 Å². The first-order valence-electron chi connectivity index (χ1n) is 5.35. The van der Waals surface area contributed by atoms with Crippen molar-refractivity contribution in [2.75, 3.05) is 20.2 Å². The van der Waals surface area contributed by atoms with E-state index >= 15 is 0 Å². The molecule has 0 radical (unpaired) electrons. The summed E-state index contributed by atoms with van der Waals surface area (Å²) in [6.07, 6.45) is 0. The molecule has 0 bridgehead atoms. The van der Waals surface area contributed by atoms with E-state index in [0.717, 1.165) is 0 Å². The summed E-state index contributed by atoms with van der Waals surface area (Å²) in [5.41, 5.74) is -1.56. The van der Waals surface area contributed by atoms with Gasteiger partial charge < -0.3 is 15.2 Å². The van der Waals surface area contributed by atoms with E-state index < -0.39 is 17.6 Å². The molecule has 1 aliphatic rings. The number of nitrogens with one attached hydrogen (secondary N) is 1. The Kier molecular flexibility index (Phi) is 3.02. The second kappa shape index (κ2) is 4.33. The van der Waals surface area contributed by atoms with Crippen LogP contribution in [0.4, 0.5) is 4.39 Å². The van der Waals surface area contributed by atoms with Crippen molar-refractivity contribution in [2.45, 2.75) is 11.6 Å². The second-order valence-corrected chi connectivity index (χ2v) is 4.12. The molecule has 0 amide bonds. The van der Waals surface area contributed by atoms with Gasteiger partial charge in [0.15, 0.2) is 0 Å². The summed E-state index contributed by atoms with van der Waals surface area (Å²) < 4.78 is 19.3. The third kappa shape index (κ3) is 1.98. The van der Waals surface area contributed by atoms with Crippen LogP contribution in [0, 0.1) is 0 Å². The smallest absolute Gasteiger partial charge is 0.343 e. The van der Waals surface area contributed by atoms with Gasteiger partial charge >= 0.3 is 5.97 Å². The van der Waals surface area contributed by atoms with Gasteiger partial charge in [-0.05, 0) is 17.7 Å². The molecule has 0 unspecified atom stereocenters. The highest BCUT2D eigenvalue weighted by molar-refractivity contribution is 5.80. The number of ether oxygens (including phenoxy) is 1. The number of rotatable bonds is 3. The maximum Gasteiger partial charge on any atom is 0.343 e. The zero-order chi connectivity index (χ0) is 12.5. The fourth-order valence-corrected chi connectivity index (χ4v) is 2.13. The lowest BCUT2D eigenvalue weighted by atomic mass is 9.86. The summed E-state index contributed by atoms with van der Waals surface area (Å²) in [6.45, 7) is 0.175. The molecule has 0 spiro atoms. The monoisotopic (exact) mass is 239 g/mol. The van der Waals surface area contributed by atoms with Crippen molar-refractivity contribution < 1.29 is 19.0 Å². The number of carbonyl (C=O) groups is 1. The lowest BCUT2D eigenvalue weighted by molar-refractivity contribution is -0.150. The molecule has 1 aromatic rings. The van der Waals surface area contributed by atoms with Crippen molar-refractivity contribution in [2.24, 2.45) is 0 Å². The van der Waals surface area contributed by atoms with Gasteiger partial charge in [-0.1, -0.05) is 12.1 Å². The molecule has 0 saturated carbocycles. The molecule has 0 aromatic heterocycles. The van der Waals surface area contributed by atoms with Crippen LogP contribution in [0.15, 0.2) is 24.3 Å². The number of hydrogen-bond donors (Lipinski definition) is 2. The summed E-state index contributed by atoms with van der Waals surface area (Å²) in [5.74, 6) is -1.41. The highest BCUT2D eigenvalue weighted by atomic mass is 19.1. The van der Waals surface area contributed by atoms with Crippen LogP contribution >= 0.6 is 0 Å². The van der Waals surface area contributed by atoms with Crippen LogP contribution in [0.3, 0.4) is 0 Å². The standard InChI is InChI=1S/C12H14FNO3/c1-17-9-4-2-8(3-5-9)10-6-14-7-12(10,13)11(15)16/h2-5,10,14H,6-7H2,1H3,(H,15,16)/t10-,12-/m1/s1. The van der Waals surface area contributed by atoms with Crippen LogP contribution in [-0.2, 0) is 4.79 Å². The number of benzene rings is 1. The minimum absolute atomic E-state index is 0.154. The number of carboxylic acids is 1. The summed E-state index contributed by atoms with van der Waals surface area (Å²) >= 11 is 0. The van der Waals surface area contributed by atoms with Gasteiger partial charge in [0, 0.05) is 19.0 Å². The molecular weight excluding hydrogens is 225 g/mol. The fourth-order valence-electron chi connectivity index (χ4n) is 2.13. The van der Waals surface area contributed by atoms with E-state index in [1.54, 1.807) is 31.4 Å². The van der Waals surface area contributed by atoms with E-state index in [1.807, 2.05) is 0 Å². The number of hydrogen-bond acceptors (Lipinski definition) is 3. The van der Waals surface area contributed by atoms with Gasteiger partial charge in [-0.25, -0.2) is 9.18 Å². The number of halogens is 1. The van der Waals surface area contributed by atoms with E-state index in [0.29, 0.717) is 17.9 Å². The zero-order valence-corrected chi connectivity index (χ0v) is 9.44. The lowest BCUT2D eigenvalue weighted by Gasteiger charge is -2.22. The van der Waals surface area contributed by atoms with E-state index in [9.17, 15) is 9.18 Å². The van der Waals surface area contributed by atoms with Crippen molar-refractivity contribution in [3.8, 4) is 5.75 Å². The Balaban J connectivity index is 2.29. The molecule has 1 saturated heterocycles. The Labute approximate surface area is 98.4 Å². The predicted octanol–water partition coefficient (Wildman–Crippen LogP) is 1.17. The van der Waals surface area contributed by atoms with E-state index in [2.05, 4.69) is 5.32 Å². The van der Waals surface area contributed by atoms with Crippen LogP contribution in [0.2, 0.25) is 0 Å². The van der Waals surface area contributed by atoms with E-state index in [-0.39, 0.29) is 6.54 Å². The first-order chi connectivity index (χ1) is 8.08. The maximum atomic E-state index is 14.3. The summed E-state index contributed by atoms with van der Waals surface area (Å²) in [6, 6.07) is 6.81. The van der Waals surface area contributed by atoms with Crippen LogP contribution < -0.4 is 10.1 Å². The number of carboxylic acid groups (broad SMARTS) is 1. The van der Waals surface area contributed by atoms with Crippen molar-refractivity contribution in [1.82, 2.24) is 5.32 Å². The molecule has 1 aromatic carbocycles. The largest absolute Gasteiger partial charge is 0.497 e. The van der Waals surface area contributed by atoms with Crippen molar-refractivity contribution in [3.63, 3.8) is 0 Å². The summed E-state index contributed by atoms with van der Waals surface area (Å²) in [4.78, 5) is 11.0. The topological polar surface area (TPSA) is 58.6 Å². The van der Waals surface area contributed by atoms with Gasteiger partial charge in [-0.2, -0.15) is 0 Å². The van der Waals surface area contributed by atoms with Crippen LogP contribution in [0.5, 0.6) is 5.75 Å². The highest BCUT2D eigenvalue weighted by Crippen LogP contribution is 2.35. The second-order valence-electron chi connectivity index (χ2n) is 4.12. The fraction of sp³-hybridized carbons (Fsp3) is 0.417. The Hall–Kier alpha value is -1.62. The molecular formula is C12H14FNO3. The summed E-state index contributed by atoms with van der Waals surface area (Å²) in [5, 5.41) is 11.7. The van der Waals surface area contributed by atoms with Crippen molar-refractivity contribution >= 4 is 5.97 Å². The van der Waals surface area contributed by atoms with Crippen LogP contribution in [-0.4, -0.2) is 36.9 Å². The molecule has 2 atom stereocenters. The molecule has 1 heterocycles. The third-order valence-corrected chi connectivity index (χ3v) is 3.16. The highest BCUT2D eigenvalue weighted by Gasteiger charge is 2.50. The number of methoxy groups -OCH3 is 1. The Morgan fingerprint density at radius 2 is 2.18 bits per heavy atom. The molecule has 0 aliphatic carbocycles. The molecule has 92 valence electrons. The number of alkyl halides is 1. The summed E-state index contributed by atoms with van der Waals surface area (Å²) in [7, 11) is 1.54. The van der Waals surface area contributed by atoms with Gasteiger partial charge in [-0.3, -0.25) is 0 Å². The molecule has 2 rings (SSSR count). The molecule has 4 nitrogen and oxygen atoms in total. The van der Waals surface area contributed by atoms with Gasteiger partial charge in [0.25, 0.3) is 0 Å². The SMILES string of the molecule is COc1ccc([C@H]2CNC[C@]2(F)C(=O)O)cc1. The minimum Gasteiger partial charge on any atom is -0.497 e. The van der Waals surface area contributed by atoms with E-state index in [4.69, 9.17) is 9.84 Å².